The van der Waals surface area contributed by atoms with Gasteiger partial charge in [-0.05, 0) is 36.2 Å². The van der Waals surface area contributed by atoms with Crippen molar-refractivity contribution in [3.05, 3.63) is 46.5 Å². The van der Waals surface area contributed by atoms with Gasteiger partial charge in [0.15, 0.2) is 29.6 Å². The minimum atomic E-state index is -2.99. The predicted octanol–water partition coefficient (Wildman–Crippen LogP) is 2.80. The molecule has 0 aliphatic rings. The highest BCUT2D eigenvalue weighted by Gasteiger charge is 2.17. The number of alkyl halides is 2. The highest BCUT2D eigenvalue weighted by molar-refractivity contribution is 6.32. The molecule has 2 amide bonds. The van der Waals surface area contributed by atoms with Gasteiger partial charge < -0.3 is 30.0 Å². The van der Waals surface area contributed by atoms with Crippen LogP contribution in [0, 0.1) is 0 Å². The van der Waals surface area contributed by atoms with Crippen molar-refractivity contribution in [1.82, 2.24) is 5.32 Å². The van der Waals surface area contributed by atoms with Gasteiger partial charge >= 0.3 is 6.61 Å². The molecule has 2 rings (SSSR count). The fraction of sp³-hybridized carbons (Fsp3) is 0.300. The SMILES string of the molecule is COc1ccc(CCNC(=O)c2cc(Cl)c(OCC(N)=O)c(OC)c2)cc1OC(F)F. The first kappa shape index (κ1) is 24.0. The summed E-state index contributed by atoms with van der Waals surface area (Å²) >= 11 is 6.13. The molecule has 168 valence electrons. The van der Waals surface area contributed by atoms with Crippen molar-refractivity contribution in [2.45, 2.75) is 13.0 Å². The molecule has 0 heterocycles. The third-order valence-corrected chi connectivity index (χ3v) is 4.27. The largest absolute Gasteiger partial charge is 0.493 e. The second-order valence-corrected chi connectivity index (χ2v) is 6.52. The monoisotopic (exact) mass is 458 g/mol. The van der Waals surface area contributed by atoms with Crippen LogP contribution in [0.25, 0.3) is 0 Å². The number of rotatable bonds is 11. The van der Waals surface area contributed by atoms with E-state index in [0.29, 0.717) is 12.0 Å². The molecule has 0 fully saturated rings. The molecule has 0 saturated carbocycles. The van der Waals surface area contributed by atoms with Gasteiger partial charge in [-0.2, -0.15) is 8.78 Å². The maximum atomic E-state index is 12.5. The Kier molecular flexibility index (Phi) is 8.68. The molecule has 0 aliphatic carbocycles. The van der Waals surface area contributed by atoms with Crippen LogP contribution >= 0.6 is 11.6 Å². The van der Waals surface area contributed by atoms with E-state index in [0.717, 1.165) is 0 Å². The van der Waals surface area contributed by atoms with E-state index in [1.165, 1.54) is 38.5 Å². The molecule has 0 saturated heterocycles. The molecular formula is C20H21ClF2N2O6. The van der Waals surface area contributed by atoms with E-state index >= 15 is 0 Å². The van der Waals surface area contributed by atoms with Crippen LogP contribution in [0.3, 0.4) is 0 Å². The van der Waals surface area contributed by atoms with Crippen molar-refractivity contribution < 1.29 is 37.3 Å². The summed E-state index contributed by atoms with van der Waals surface area (Å²) in [4.78, 5) is 23.4. The lowest BCUT2D eigenvalue weighted by atomic mass is 10.1. The van der Waals surface area contributed by atoms with Crippen LogP contribution in [0.1, 0.15) is 15.9 Å². The van der Waals surface area contributed by atoms with Crippen LogP contribution in [-0.4, -0.2) is 45.8 Å². The maximum absolute atomic E-state index is 12.5. The van der Waals surface area contributed by atoms with Gasteiger partial charge in [-0.3, -0.25) is 9.59 Å². The van der Waals surface area contributed by atoms with E-state index in [4.69, 9.17) is 31.5 Å². The minimum Gasteiger partial charge on any atom is -0.493 e. The maximum Gasteiger partial charge on any atom is 0.387 e. The number of primary amides is 1. The van der Waals surface area contributed by atoms with Gasteiger partial charge in [0.2, 0.25) is 0 Å². The van der Waals surface area contributed by atoms with Gasteiger partial charge in [0.05, 0.1) is 19.2 Å². The summed E-state index contributed by atoms with van der Waals surface area (Å²) in [5.41, 5.74) is 5.90. The highest BCUT2D eigenvalue weighted by Crippen LogP contribution is 2.36. The molecule has 0 atom stereocenters. The number of nitrogens with one attached hydrogen (secondary N) is 1. The van der Waals surface area contributed by atoms with E-state index in [2.05, 4.69) is 10.1 Å². The molecule has 0 aliphatic heterocycles. The Morgan fingerprint density at radius 1 is 1.10 bits per heavy atom. The first-order valence-electron chi connectivity index (χ1n) is 8.93. The lowest BCUT2D eigenvalue weighted by molar-refractivity contribution is -0.119. The molecular weight excluding hydrogens is 438 g/mol. The lowest BCUT2D eigenvalue weighted by Crippen LogP contribution is -2.26. The van der Waals surface area contributed by atoms with E-state index < -0.39 is 25.0 Å². The van der Waals surface area contributed by atoms with Crippen LogP contribution in [0.4, 0.5) is 8.78 Å². The number of benzene rings is 2. The second kappa shape index (κ2) is 11.2. The fourth-order valence-electron chi connectivity index (χ4n) is 2.62. The molecule has 0 bridgehead atoms. The van der Waals surface area contributed by atoms with Crippen molar-refractivity contribution >= 4 is 23.4 Å². The van der Waals surface area contributed by atoms with Gasteiger partial charge in [-0.15, -0.1) is 0 Å². The van der Waals surface area contributed by atoms with Crippen molar-refractivity contribution in [1.29, 1.82) is 0 Å². The number of nitrogens with two attached hydrogens (primary N) is 1. The van der Waals surface area contributed by atoms with E-state index in [1.807, 2.05) is 0 Å². The molecule has 0 unspecified atom stereocenters. The summed E-state index contributed by atoms with van der Waals surface area (Å²) in [6, 6.07) is 7.36. The Bertz CT molecular complexity index is 942. The number of hydrogen-bond acceptors (Lipinski definition) is 6. The summed E-state index contributed by atoms with van der Waals surface area (Å²) < 4.78 is 44.9. The molecule has 0 radical (unpaired) electrons. The number of methoxy groups -OCH3 is 2. The Hall–Kier alpha value is -3.27. The number of halogens is 3. The molecule has 3 N–H and O–H groups in total. The zero-order valence-electron chi connectivity index (χ0n) is 16.7. The number of carbonyl (C=O) groups is 2. The quantitative estimate of drug-likeness (QED) is 0.536. The van der Waals surface area contributed by atoms with Gasteiger partial charge in [0.1, 0.15) is 0 Å². The third-order valence-electron chi connectivity index (χ3n) is 3.99. The van der Waals surface area contributed by atoms with E-state index in [-0.39, 0.29) is 40.1 Å². The van der Waals surface area contributed by atoms with Crippen LogP contribution in [-0.2, 0) is 11.2 Å². The van der Waals surface area contributed by atoms with Crippen LogP contribution in [0.15, 0.2) is 30.3 Å². The summed E-state index contributed by atoms with van der Waals surface area (Å²) in [5, 5.41) is 2.76. The smallest absolute Gasteiger partial charge is 0.387 e. The first-order chi connectivity index (χ1) is 14.7. The lowest BCUT2D eigenvalue weighted by Gasteiger charge is -2.14. The van der Waals surface area contributed by atoms with Crippen LogP contribution in [0.5, 0.6) is 23.0 Å². The Morgan fingerprint density at radius 2 is 1.81 bits per heavy atom. The fourth-order valence-corrected chi connectivity index (χ4v) is 2.89. The predicted molar refractivity (Wildman–Crippen MR) is 108 cm³/mol. The summed E-state index contributed by atoms with van der Waals surface area (Å²) in [7, 11) is 2.70. The molecule has 0 spiro atoms. The van der Waals surface area contributed by atoms with Crippen molar-refractivity contribution in [2.75, 3.05) is 27.4 Å². The van der Waals surface area contributed by atoms with Gasteiger partial charge in [-0.25, -0.2) is 0 Å². The normalized spacial score (nSPS) is 10.5. The zero-order valence-corrected chi connectivity index (χ0v) is 17.5. The third kappa shape index (κ3) is 6.88. The number of ether oxygens (including phenoxy) is 4. The molecule has 2 aromatic carbocycles. The van der Waals surface area contributed by atoms with Crippen molar-refractivity contribution in [3.8, 4) is 23.0 Å². The first-order valence-corrected chi connectivity index (χ1v) is 9.31. The highest BCUT2D eigenvalue weighted by atomic mass is 35.5. The second-order valence-electron chi connectivity index (χ2n) is 6.11. The van der Waals surface area contributed by atoms with Gasteiger partial charge in [0, 0.05) is 12.1 Å². The molecule has 11 heteroatoms. The number of hydrogen-bond donors (Lipinski definition) is 2. The number of amides is 2. The average molecular weight is 459 g/mol. The van der Waals surface area contributed by atoms with Crippen molar-refractivity contribution in [3.63, 3.8) is 0 Å². The Labute approximate surface area is 182 Å². The standard InChI is InChI=1S/C20H21ClF2N2O6/c1-28-14-4-3-11(7-15(14)31-20(22)23)5-6-25-19(27)12-8-13(21)18(16(9-12)29-2)30-10-17(24)26/h3-4,7-9,20H,5-6,10H2,1-2H3,(H2,24,26)(H,25,27). The van der Waals surface area contributed by atoms with Gasteiger partial charge in [0.25, 0.3) is 11.8 Å². The topological polar surface area (TPSA) is 109 Å². The Balaban J connectivity index is 2.04. The average Bonchev–Trinajstić information content (AvgIpc) is 2.71. The van der Waals surface area contributed by atoms with E-state index in [1.54, 1.807) is 6.07 Å². The van der Waals surface area contributed by atoms with Gasteiger partial charge in [-0.1, -0.05) is 17.7 Å². The molecule has 2 aromatic rings. The summed E-state index contributed by atoms with van der Waals surface area (Å²) in [5.74, 6) is -0.815. The summed E-state index contributed by atoms with van der Waals surface area (Å²) in [6.45, 7) is -3.18. The molecule has 8 nitrogen and oxygen atoms in total. The molecule has 0 aromatic heterocycles. The Morgan fingerprint density at radius 3 is 2.42 bits per heavy atom. The van der Waals surface area contributed by atoms with E-state index in [9.17, 15) is 18.4 Å². The van der Waals surface area contributed by atoms with Crippen LogP contribution in [0.2, 0.25) is 5.02 Å². The zero-order chi connectivity index (χ0) is 23.0. The van der Waals surface area contributed by atoms with Crippen molar-refractivity contribution in [2.24, 2.45) is 5.73 Å². The molecule has 31 heavy (non-hydrogen) atoms. The summed E-state index contributed by atoms with van der Waals surface area (Å²) in [6.07, 6.45) is 0.347. The minimum absolute atomic E-state index is 0.0645. The number of carbonyl (C=O) groups excluding carboxylic acids is 2. The van der Waals surface area contributed by atoms with Crippen LogP contribution < -0.4 is 30.0 Å².